The Kier molecular flexibility index (Phi) is 8.02. The molecule has 160 valence electrons. The highest BCUT2D eigenvalue weighted by Crippen LogP contribution is 2.10. The molecular formula is C22H27N3O5. The van der Waals surface area contributed by atoms with Gasteiger partial charge >= 0.3 is 0 Å². The van der Waals surface area contributed by atoms with Gasteiger partial charge in [0, 0.05) is 39.1 Å². The van der Waals surface area contributed by atoms with Gasteiger partial charge in [-0.25, -0.2) is 0 Å². The minimum atomic E-state index is -0.760. The molecule has 1 aromatic heterocycles. The van der Waals surface area contributed by atoms with Crippen LogP contribution in [0.5, 0.6) is 0 Å². The second-order valence-electron chi connectivity index (χ2n) is 7.12. The molecule has 1 aliphatic heterocycles. The molecule has 1 aromatic carbocycles. The zero-order valence-corrected chi connectivity index (χ0v) is 16.8. The van der Waals surface area contributed by atoms with Crippen molar-refractivity contribution >= 4 is 17.7 Å². The predicted molar refractivity (Wildman–Crippen MR) is 110 cm³/mol. The Bertz CT molecular complexity index is 823. The van der Waals surface area contributed by atoms with Crippen molar-refractivity contribution in [2.45, 2.75) is 25.3 Å². The van der Waals surface area contributed by atoms with Crippen LogP contribution in [-0.2, 0) is 20.7 Å². The molecule has 1 saturated heterocycles. The molecule has 2 N–H and O–H groups in total. The zero-order valence-electron chi connectivity index (χ0n) is 16.8. The Morgan fingerprint density at radius 2 is 1.97 bits per heavy atom. The van der Waals surface area contributed by atoms with E-state index in [0.717, 1.165) is 5.56 Å². The van der Waals surface area contributed by atoms with E-state index in [-0.39, 0.29) is 30.7 Å². The molecule has 1 aliphatic rings. The van der Waals surface area contributed by atoms with E-state index in [0.29, 0.717) is 44.7 Å². The van der Waals surface area contributed by atoms with Crippen LogP contribution in [0.1, 0.15) is 28.8 Å². The monoisotopic (exact) mass is 413 g/mol. The molecule has 8 nitrogen and oxygen atoms in total. The first-order valence-corrected chi connectivity index (χ1v) is 10.1. The van der Waals surface area contributed by atoms with Crippen LogP contribution in [0.15, 0.2) is 53.3 Å². The Morgan fingerprint density at radius 1 is 1.13 bits per heavy atom. The molecule has 0 aliphatic carbocycles. The highest BCUT2D eigenvalue weighted by atomic mass is 16.5. The number of ether oxygens (including phenoxy) is 1. The van der Waals surface area contributed by atoms with Gasteiger partial charge in [-0.1, -0.05) is 30.3 Å². The van der Waals surface area contributed by atoms with E-state index in [9.17, 15) is 14.4 Å². The lowest BCUT2D eigenvalue weighted by molar-refractivity contribution is -0.134. The smallest absolute Gasteiger partial charge is 0.255 e. The molecule has 3 rings (SSSR count). The van der Waals surface area contributed by atoms with Crippen molar-refractivity contribution < 1.29 is 23.5 Å². The average Bonchev–Trinajstić information content (AvgIpc) is 3.28. The van der Waals surface area contributed by atoms with Gasteiger partial charge in [0.05, 0.1) is 18.4 Å². The standard InChI is InChI=1S/C22H27N3O5/c26-20-7-11-25(10-4-12-29-14-9-23-20)22(28)19(15-17-5-2-1-3-6-17)24-21(27)18-8-13-30-16-18/h1-3,5-6,8,13,16,19H,4,7,9-12,14-15H2,(H,23,26)(H,24,27)/t19-/m0/s1. The SMILES string of the molecule is O=C1CCN(C(=O)[C@H](Cc2ccccc2)NC(=O)c2ccoc2)CCCOCCN1. The number of rotatable bonds is 5. The van der Waals surface area contributed by atoms with Crippen molar-refractivity contribution in [3.63, 3.8) is 0 Å². The molecule has 0 unspecified atom stereocenters. The normalized spacial score (nSPS) is 16.8. The van der Waals surface area contributed by atoms with Gasteiger partial charge in [0.2, 0.25) is 11.8 Å². The van der Waals surface area contributed by atoms with Crippen molar-refractivity contribution in [2.24, 2.45) is 0 Å². The lowest BCUT2D eigenvalue weighted by Gasteiger charge is -2.28. The van der Waals surface area contributed by atoms with Crippen LogP contribution in [0.2, 0.25) is 0 Å². The van der Waals surface area contributed by atoms with E-state index < -0.39 is 6.04 Å². The van der Waals surface area contributed by atoms with Crippen LogP contribution < -0.4 is 10.6 Å². The summed E-state index contributed by atoms with van der Waals surface area (Å²) in [5.74, 6) is -0.722. The first kappa shape index (κ1) is 21.6. The number of carbonyl (C=O) groups excluding carboxylic acids is 3. The first-order valence-electron chi connectivity index (χ1n) is 10.1. The van der Waals surface area contributed by atoms with Gasteiger partial charge in [-0.2, -0.15) is 0 Å². The Balaban J connectivity index is 1.75. The predicted octanol–water partition coefficient (Wildman–Crippen LogP) is 1.38. The van der Waals surface area contributed by atoms with Crippen LogP contribution in [-0.4, -0.2) is 61.5 Å². The molecule has 1 atom stereocenters. The van der Waals surface area contributed by atoms with E-state index in [1.165, 1.54) is 12.5 Å². The summed E-state index contributed by atoms with van der Waals surface area (Å²) in [4.78, 5) is 39.6. The molecular weight excluding hydrogens is 386 g/mol. The van der Waals surface area contributed by atoms with E-state index in [4.69, 9.17) is 9.15 Å². The lowest BCUT2D eigenvalue weighted by Crippen LogP contribution is -2.50. The second kappa shape index (κ2) is 11.2. The van der Waals surface area contributed by atoms with Crippen LogP contribution in [0.25, 0.3) is 0 Å². The Morgan fingerprint density at radius 3 is 2.73 bits per heavy atom. The van der Waals surface area contributed by atoms with Crippen molar-refractivity contribution in [1.29, 1.82) is 0 Å². The zero-order chi connectivity index (χ0) is 21.2. The summed E-state index contributed by atoms with van der Waals surface area (Å²) in [6, 6.07) is 10.3. The highest BCUT2D eigenvalue weighted by Gasteiger charge is 2.27. The summed E-state index contributed by atoms with van der Waals surface area (Å²) in [6.07, 6.45) is 3.97. The summed E-state index contributed by atoms with van der Waals surface area (Å²) in [6.45, 7) is 2.17. The van der Waals surface area contributed by atoms with E-state index in [1.807, 2.05) is 30.3 Å². The minimum absolute atomic E-state index is 0.125. The van der Waals surface area contributed by atoms with Crippen molar-refractivity contribution in [3.05, 3.63) is 60.1 Å². The number of nitrogens with zero attached hydrogens (tertiary/aromatic N) is 1. The number of hydrogen-bond donors (Lipinski definition) is 2. The van der Waals surface area contributed by atoms with Gasteiger partial charge in [0.15, 0.2) is 0 Å². The van der Waals surface area contributed by atoms with Gasteiger partial charge < -0.3 is 24.7 Å². The third kappa shape index (κ3) is 6.45. The lowest BCUT2D eigenvalue weighted by atomic mass is 10.0. The molecule has 8 heteroatoms. The number of amides is 3. The van der Waals surface area contributed by atoms with Crippen LogP contribution in [0.3, 0.4) is 0 Å². The first-order chi connectivity index (χ1) is 14.6. The molecule has 3 amide bonds. The average molecular weight is 413 g/mol. The maximum atomic E-state index is 13.4. The molecule has 0 radical (unpaired) electrons. The molecule has 30 heavy (non-hydrogen) atoms. The van der Waals surface area contributed by atoms with E-state index in [1.54, 1.807) is 11.0 Å². The van der Waals surface area contributed by atoms with Crippen LogP contribution >= 0.6 is 0 Å². The van der Waals surface area contributed by atoms with Crippen molar-refractivity contribution in [3.8, 4) is 0 Å². The molecule has 2 heterocycles. The fourth-order valence-electron chi connectivity index (χ4n) is 3.28. The topological polar surface area (TPSA) is 101 Å². The van der Waals surface area contributed by atoms with E-state index in [2.05, 4.69) is 10.6 Å². The number of benzene rings is 1. The summed E-state index contributed by atoms with van der Waals surface area (Å²) < 4.78 is 10.5. The van der Waals surface area contributed by atoms with Crippen LogP contribution in [0.4, 0.5) is 0 Å². The number of hydrogen-bond acceptors (Lipinski definition) is 5. The Hall–Kier alpha value is -3.13. The Labute approximate surface area is 175 Å². The fraction of sp³-hybridized carbons (Fsp3) is 0.409. The highest BCUT2D eigenvalue weighted by molar-refractivity contribution is 5.97. The number of nitrogens with one attached hydrogen (secondary N) is 2. The minimum Gasteiger partial charge on any atom is -0.472 e. The summed E-state index contributed by atoms with van der Waals surface area (Å²) in [7, 11) is 0. The third-order valence-corrected chi connectivity index (χ3v) is 4.88. The summed E-state index contributed by atoms with van der Waals surface area (Å²) in [5.41, 5.74) is 1.29. The van der Waals surface area contributed by atoms with Gasteiger partial charge in [-0.05, 0) is 18.1 Å². The van der Waals surface area contributed by atoms with Gasteiger partial charge in [0.1, 0.15) is 12.3 Å². The maximum Gasteiger partial charge on any atom is 0.255 e. The number of carbonyl (C=O) groups is 3. The quantitative estimate of drug-likeness (QED) is 0.771. The van der Waals surface area contributed by atoms with E-state index >= 15 is 0 Å². The summed E-state index contributed by atoms with van der Waals surface area (Å²) >= 11 is 0. The van der Waals surface area contributed by atoms with Gasteiger partial charge in [-0.15, -0.1) is 0 Å². The molecule has 1 fully saturated rings. The maximum absolute atomic E-state index is 13.4. The fourth-order valence-corrected chi connectivity index (χ4v) is 3.28. The molecule has 0 saturated carbocycles. The molecule has 0 bridgehead atoms. The third-order valence-electron chi connectivity index (χ3n) is 4.88. The van der Waals surface area contributed by atoms with Crippen molar-refractivity contribution in [1.82, 2.24) is 15.5 Å². The second-order valence-corrected chi connectivity index (χ2v) is 7.12. The van der Waals surface area contributed by atoms with Crippen molar-refractivity contribution in [2.75, 3.05) is 32.8 Å². The molecule has 2 aromatic rings. The largest absolute Gasteiger partial charge is 0.472 e. The summed E-state index contributed by atoms with van der Waals surface area (Å²) in [5, 5.41) is 5.61. The number of furan rings is 1. The molecule has 0 spiro atoms. The van der Waals surface area contributed by atoms with Gasteiger partial charge in [-0.3, -0.25) is 14.4 Å². The van der Waals surface area contributed by atoms with Crippen LogP contribution in [0, 0.1) is 0 Å². The van der Waals surface area contributed by atoms with Gasteiger partial charge in [0.25, 0.3) is 5.91 Å².